The molecule has 0 atom stereocenters. The number of rotatable bonds is 7. The molecule has 0 aliphatic carbocycles. The first kappa shape index (κ1) is 19.2. The zero-order valence-corrected chi connectivity index (χ0v) is 15.9. The predicted octanol–water partition coefficient (Wildman–Crippen LogP) is 3.95. The molecule has 25 heavy (non-hydrogen) atoms. The molecule has 8 heteroatoms. The van der Waals surface area contributed by atoms with Crippen LogP contribution in [0.3, 0.4) is 0 Å². The van der Waals surface area contributed by atoms with Crippen molar-refractivity contribution in [2.24, 2.45) is 0 Å². The Morgan fingerprint density at radius 1 is 1.00 bits per heavy atom. The second kappa shape index (κ2) is 7.84. The summed E-state index contributed by atoms with van der Waals surface area (Å²) in [6.45, 7) is 3.79. The number of benzene rings is 2. The monoisotopic (exact) mass is 385 g/mol. The lowest BCUT2D eigenvalue weighted by atomic mass is 10.3. The number of halogens is 1. The first-order valence-electron chi connectivity index (χ1n) is 7.48. The van der Waals surface area contributed by atoms with E-state index in [2.05, 4.69) is 4.72 Å². The third kappa shape index (κ3) is 4.70. The van der Waals surface area contributed by atoms with Gasteiger partial charge in [-0.05, 0) is 38.1 Å². The first-order valence-corrected chi connectivity index (χ1v) is 9.34. The summed E-state index contributed by atoms with van der Waals surface area (Å²) in [6.07, 6.45) is 0.00590. The molecule has 0 radical (unpaired) electrons. The highest BCUT2D eigenvalue weighted by Gasteiger charge is 2.19. The van der Waals surface area contributed by atoms with E-state index >= 15 is 0 Å². The highest BCUT2D eigenvalue weighted by atomic mass is 35.5. The van der Waals surface area contributed by atoms with Crippen molar-refractivity contribution in [3.63, 3.8) is 0 Å². The molecule has 1 N–H and O–H groups in total. The highest BCUT2D eigenvalue weighted by Crippen LogP contribution is 2.37. The van der Waals surface area contributed by atoms with Crippen LogP contribution in [-0.4, -0.2) is 28.7 Å². The van der Waals surface area contributed by atoms with Gasteiger partial charge in [-0.25, -0.2) is 8.42 Å². The fourth-order valence-corrected chi connectivity index (χ4v) is 3.41. The van der Waals surface area contributed by atoms with Gasteiger partial charge in [0.15, 0.2) is 0 Å². The third-order valence-electron chi connectivity index (χ3n) is 3.22. The number of hydrogen-bond acceptors (Lipinski definition) is 5. The zero-order valence-electron chi connectivity index (χ0n) is 14.4. The van der Waals surface area contributed by atoms with Crippen molar-refractivity contribution >= 4 is 27.3 Å². The van der Waals surface area contributed by atoms with Crippen LogP contribution in [0, 0.1) is 0 Å². The quantitative estimate of drug-likeness (QED) is 0.781. The number of methoxy groups -OCH3 is 2. The molecule has 0 aliphatic heterocycles. The van der Waals surface area contributed by atoms with E-state index in [1.54, 1.807) is 12.1 Å². The molecular formula is C17H20ClNO5S. The van der Waals surface area contributed by atoms with E-state index in [-0.39, 0.29) is 22.4 Å². The highest BCUT2D eigenvalue weighted by molar-refractivity contribution is 7.92. The maximum atomic E-state index is 12.6. The Morgan fingerprint density at radius 2 is 1.60 bits per heavy atom. The molecule has 0 unspecified atom stereocenters. The summed E-state index contributed by atoms with van der Waals surface area (Å²) in [6, 6.07) is 9.11. The van der Waals surface area contributed by atoms with Crippen LogP contribution in [0.1, 0.15) is 13.8 Å². The second-order valence-electron chi connectivity index (χ2n) is 5.43. The molecule has 0 saturated heterocycles. The Bertz CT molecular complexity index is 835. The molecule has 6 nitrogen and oxygen atoms in total. The van der Waals surface area contributed by atoms with Gasteiger partial charge in [-0.15, -0.1) is 0 Å². The van der Waals surface area contributed by atoms with Crippen molar-refractivity contribution in [3.05, 3.63) is 41.4 Å². The minimum atomic E-state index is -3.81. The van der Waals surface area contributed by atoms with Crippen LogP contribution in [0.5, 0.6) is 17.2 Å². The van der Waals surface area contributed by atoms with Gasteiger partial charge in [0.1, 0.15) is 17.2 Å². The third-order valence-corrected chi connectivity index (χ3v) is 4.90. The molecule has 0 amide bonds. The molecule has 2 aromatic rings. The Balaban J connectivity index is 2.32. The van der Waals surface area contributed by atoms with E-state index in [0.29, 0.717) is 16.5 Å². The summed E-state index contributed by atoms with van der Waals surface area (Å²) in [5.41, 5.74) is 0.228. The van der Waals surface area contributed by atoms with Crippen LogP contribution < -0.4 is 18.9 Å². The largest absolute Gasteiger partial charge is 0.495 e. The van der Waals surface area contributed by atoms with Crippen LogP contribution >= 0.6 is 11.6 Å². The van der Waals surface area contributed by atoms with Crippen molar-refractivity contribution in [2.75, 3.05) is 18.9 Å². The average molecular weight is 386 g/mol. The Morgan fingerprint density at radius 3 is 2.12 bits per heavy atom. The summed E-state index contributed by atoms with van der Waals surface area (Å²) in [7, 11) is -0.945. The van der Waals surface area contributed by atoms with Crippen molar-refractivity contribution < 1.29 is 22.6 Å². The normalized spacial score (nSPS) is 11.3. The van der Waals surface area contributed by atoms with Crippen LogP contribution in [0.15, 0.2) is 41.3 Å². The van der Waals surface area contributed by atoms with Crippen LogP contribution in [0.2, 0.25) is 5.02 Å². The Labute approximate surface area is 152 Å². The number of ether oxygens (including phenoxy) is 3. The van der Waals surface area contributed by atoms with Gasteiger partial charge in [0.05, 0.1) is 35.9 Å². The van der Waals surface area contributed by atoms with Gasteiger partial charge < -0.3 is 14.2 Å². The van der Waals surface area contributed by atoms with Gasteiger partial charge >= 0.3 is 0 Å². The molecule has 0 fully saturated rings. The SMILES string of the molecule is COc1cc(NS(=O)(=O)c2ccc(OC(C)C)cc2)c(OC)cc1Cl. The predicted molar refractivity (Wildman–Crippen MR) is 97.6 cm³/mol. The smallest absolute Gasteiger partial charge is 0.262 e. The second-order valence-corrected chi connectivity index (χ2v) is 7.52. The summed E-state index contributed by atoms with van der Waals surface area (Å²) in [4.78, 5) is 0.0968. The van der Waals surface area contributed by atoms with Gasteiger partial charge in [-0.2, -0.15) is 0 Å². The van der Waals surface area contributed by atoms with Crippen molar-refractivity contribution in [1.29, 1.82) is 0 Å². The Kier molecular flexibility index (Phi) is 6.02. The molecule has 136 valence electrons. The van der Waals surface area contributed by atoms with Crippen LogP contribution in [-0.2, 0) is 10.0 Å². The summed E-state index contributed by atoms with van der Waals surface area (Å²) < 4.78 is 43.5. The van der Waals surface area contributed by atoms with Crippen molar-refractivity contribution in [1.82, 2.24) is 0 Å². The van der Waals surface area contributed by atoms with E-state index < -0.39 is 10.0 Å². The number of sulfonamides is 1. The molecule has 0 spiro atoms. The van der Waals surface area contributed by atoms with Gasteiger partial charge in [-0.1, -0.05) is 11.6 Å². The molecule has 2 aromatic carbocycles. The minimum Gasteiger partial charge on any atom is -0.495 e. The van der Waals surface area contributed by atoms with E-state index in [9.17, 15) is 8.42 Å². The van der Waals surface area contributed by atoms with E-state index in [1.807, 2.05) is 13.8 Å². The number of anilines is 1. The number of nitrogens with one attached hydrogen (secondary N) is 1. The molecule has 0 bridgehead atoms. The molecule has 0 heterocycles. The lowest BCUT2D eigenvalue weighted by Crippen LogP contribution is -2.14. The van der Waals surface area contributed by atoms with E-state index in [4.69, 9.17) is 25.8 Å². The van der Waals surface area contributed by atoms with Gasteiger partial charge in [0.25, 0.3) is 10.0 Å². The van der Waals surface area contributed by atoms with Crippen LogP contribution in [0.25, 0.3) is 0 Å². The summed E-state index contributed by atoms with van der Waals surface area (Å²) in [5.74, 6) is 1.22. The van der Waals surface area contributed by atoms with E-state index in [0.717, 1.165) is 0 Å². The fourth-order valence-electron chi connectivity index (χ4n) is 2.11. The summed E-state index contributed by atoms with van der Waals surface area (Å²) in [5, 5.41) is 0.317. The van der Waals surface area contributed by atoms with Crippen molar-refractivity contribution in [2.45, 2.75) is 24.8 Å². The average Bonchev–Trinajstić information content (AvgIpc) is 2.55. The zero-order chi connectivity index (χ0) is 18.6. The molecule has 2 rings (SSSR count). The Hall–Kier alpha value is -2.12. The lowest BCUT2D eigenvalue weighted by molar-refractivity contribution is 0.242. The molecule has 0 saturated carbocycles. The summed E-state index contributed by atoms with van der Waals surface area (Å²) >= 11 is 6.03. The topological polar surface area (TPSA) is 73.9 Å². The molecule has 0 aromatic heterocycles. The minimum absolute atomic E-state index is 0.00590. The first-order chi connectivity index (χ1) is 11.8. The van der Waals surface area contributed by atoms with Crippen molar-refractivity contribution in [3.8, 4) is 17.2 Å². The number of hydrogen-bond donors (Lipinski definition) is 1. The molecule has 0 aliphatic rings. The van der Waals surface area contributed by atoms with Crippen LogP contribution in [0.4, 0.5) is 5.69 Å². The van der Waals surface area contributed by atoms with Gasteiger partial charge in [-0.3, -0.25) is 4.72 Å². The lowest BCUT2D eigenvalue weighted by Gasteiger charge is -2.15. The maximum Gasteiger partial charge on any atom is 0.262 e. The fraction of sp³-hybridized carbons (Fsp3) is 0.294. The van der Waals surface area contributed by atoms with E-state index in [1.165, 1.54) is 38.5 Å². The maximum absolute atomic E-state index is 12.6. The van der Waals surface area contributed by atoms with Gasteiger partial charge in [0.2, 0.25) is 0 Å². The van der Waals surface area contributed by atoms with Gasteiger partial charge in [0, 0.05) is 12.1 Å². The molecular weight excluding hydrogens is 366 g/mol. The standard InChI is InChI=1S/C17H20ClNO5S/c1-11(2)24-12-5-7-13(8-6-12)25(20,21)19-15-10-16(22-3)14(18)9-17(15)23-4/h5-11,19H,1-4H3.